The van der Waals surface area contributed by atoms with Crippen molar-refractivity contribution >= 4 is 0 Å². The molecule has 0 radical (unpaired) electrons. The van der Waals surface area contributed by atoms with E-state index in [1.165, 1.54) is 70.6 Å². The zero-order chi connectivity index (χ0) is 20.9. The van der Waals surface area contributed by atoms with Crippen molar-refractivity contribution in [1.29, 1.82) is 0 Å². The van der Waals surface area contributed by atoms with Gasteiger partial charge in [-0.3, -0.25) is 5.32 Å². The second-order valence-corrected chi connectivity index (χ2v) is 8.18. The van der Waals surface area contributed by atoms with Crippen LogP contribution in [0.3, 0.4) is 0 Å². The van der Waals surface area contributed by atoms with Crippen molar-refractivity contribution in [3.05, 3.63) is 0 Å². The van der Waals surface area contributed by atoms with Crippen molar-refractivity contribution in [3.63, 3.8) is 0 Å². The first-order valence-corrected chi connectivity index (χ1v) is 11.9. The molecule has 170 valence electrons. The van der Waals surface area contributed by atoms with Gasteiger partial charge in [0.25, 0.3) is 0 Å². The summed E-state index contributed by atoms with van der Waals surface area (Å²) < 4.78 is 5.64. The summed E-state index contributed by atoms with van der Waals surface area (Å²) in [5.74, 6) is 0. The Balaban J connectivity index is 3.31. The van der Waals surface area contributed by atoms with E-state index in [4.69, 9.17) is 9.84 Å². The molecule has 0 aromatic rings. The van der Waals surface area contributed by atoms with E-state index < -0.39 is 6.10 Å². The van der Waals surface area contributed by atoms with Crippen molar-refractivity contribution in [2.45, 2.75) is 129 Å². The lowest BCUT2D eigenvalue weighted by atomic mass is 10.0. The Bertz CT molecular complexity index is 302. The van der Waals surface area contributed by atoms with Crippen molar-refractivity contribution in [2.24, 2.45) is 0 Å². The van der Waals surface area contributed by atoms with E-state index in [-0.39, 0.29) is 18.9 Å². The van der Waals surface area contributed by atoms with Crippen LogP contribution in [0.5, 0.6) is 0 Å². The molecule has 0 spiro atoms. The smallest absolute Gasteiger partial charge is 0.134 e. The SMILES string of the molecule is CCCCCCC(O)CCCCCCCCCCCOC(NCCO)C(C)O. The van der Waals surface area contributed by atoms with Crippen molar-refractivity contribution < 1.29 is 20.1 Å². The average molecular weight is 404 g/mol. The molecule has 5 nitrogen and oxygen atoms in total. The lowest BCUT2D eigenvalue weighted by molar-refractivity contribution is -0.0507. The molecule has 0 bridgehead atoms. The van der Waals surface area contributed by atoms with Crippen LogP contribution in [-0.2, 0) is 4.74 Å². The van der Waals surface area contributed by atoms with Gasteiger partial charge in [-0.1, -0.05) is 84.0 Å². The maximum Gasteiger partial charge on any atom is 0.134 e. The molecule has 0 fully saturated rings. The van der Waals surface area contributed by atoms with Gasteiger partial charge < -0.3 is 20.1 Å². The number of aliphatic hydroxyl groups is 3. The van der Waals surface area contributed by atoms with Crippen molar-refractivity contribution in [1.82, 2.24) is 5.32 Å². The van der Waals surface area contributed by atoms with Gasteiger partial charge >= 0.3 is 0 Å². The molecule has 0 aromatic carbocycles. The van der Waals surface area contributed by atoms with Crippen LogP contribution in [0.1, 0.15) is 110 Å². The molecule has 0 heterocycles. The summed E-state index contributed by atoms with van der Waals surface area (Å²) >= 11 is 0. The fourth-order valence-electron chi connectivity index (χ4n) is 3.46. The van der Waals surface area contributed by atoms with Crippen LogP contribution in [0.15, 0.2) is 0 Å². The van der Waals surface area contributed by atoms with E-state index >= 15 is 0 Å². The molecule has 3 unspecified atom stereocenters. The number of unbranched alkanes of at least 4 members (excludes halogenated alkanes) is 11. The summed E-state index contributed by atoms with van der Waals surface area (Å²) in [6, 6.07) is 0. The van der Waals surface area contributed by atoms with Crippen LogP contribution >= 0.6 is 0 Å². The van der Waals surface area contributed by atoms with Gasteiger partial charge in [0.15, 0.2) is 0 Å². The molecule has 5 heteroatoms. The standard InChI is InChI=1S/C23H49NO4/c1-3-4-5-13-16-22(27)17-14-11-9-7-6-8-10-12-15-20-28-23(21(2)26)24-18-19-25/h21-27H,3-20H2,1-2H3. The molecule has 3 atom stereocenters. The third kappa shape index (κ3) is 19.1. The van der Waals surface area contributed by atoms with Gasteiger partial charge in [0.2, 0.25) is 0 Å². The third-order valence-corrected chi connectivity index (χ3v) is 5.27. The quantitative estimate of drug-likeness (QED) is 0.158. The van der Waals surface area contributed by atoms with E-state index in [2.05, 4.69) is 12.2 Å². The molecule has 0 aliphatic rings. The predicted molar refractivity (Wildman–Crippen MR) is 117 cm³/mol. The monoisotopic (exact) mass is 403 g/mol. The van der Waals surface area contributed by atoms with E-state index in [1.807, 2.05) is 0 Å². The molecule has 0 amide bonds. The molecule has 0 rings (SSSR count). The van der Waals surface area contributed by atoms with Gasteiger partial charge in [0, 0.05) is 13.2 Å². The minimum Gasteiger partial charge on any atom is -0.395 e. The Morgan fingerprint density at radius 2 is 1.25 bits per heavy atom. The largest absolute Gasteiger partial charge is 0.395 e. The van der Waals surface area contributed by atoms with E-state index in [0.29, 0.717) is 13.2 Å². The fourth-order valence-corrected chi connectivity index (χ4v) is 3.46. The number of rotatable bonds is 22. The van der Waals surface area contributed by atoms with Crippen molar-refractivity contribution in [3.8, 4) is 0 Å². The first kappa shape index (κ1) is 27.8. The number of hydrogen-bond acceptors (Lipinski definition) is 5. The summed E-state index contributed by atoms with van der Waals surface area (Å²) in [7, 11) is 0. The second-order valence-electron chi connectivity index (χ2n) is 8.18. The van der Waals surface area contributed by atoms with Gasteiger partial charge in [-0.25, -0.2) is 0 Å². The summed E-state index contributed by atoms with van der Waals surface area (Å²) in [6.45, 7) is 5.05. The Morgan fingerprint density at radius 3 is 1.75 bits per heavy atom. The molecular formula is C23H49NO4. The van der Waals surface area contributed by atoms with Gasteiger partial charge in [-0.15, -0.1) is 0 Å². The minimum atomic E-state index is -0.575. The van der Waals surface area contributed by atoms with E-state index in [1.54, 1.807) is 6.92 Å². The number of nitrogens with one attached hydrogen (secondary N) is 1. The number of aliphatic hydroxyl groups excluding tert-OH is 3. The van der Waals surface area contributed by atoms with E-state index in [9.17, 15) is 10.2 Å². The summed E-state index contributed by atoms with van der Waals surface area (Å²) in [4.78, 5) is 0. The van der Waals surface area contributed by atoms with Crippen LogP contribution < -0.4 is 5.32 Å². The topological polar surface area (TPSA) is 82.0 Å². The lowest BCUT2D eigenvalue weighted by Gasteiger charge is -2.21. The highest BCUT2D eigenvalue weighted by Gasteiger charge is 2.13. The Kier molecular flexibility index (Phi) is 21.4. The molecular weight excluding hydrogens is 354 g/mol. The number of ether oxygens (including phenoxy) is 1. The molecule has 0 aliphatic heterocycles. The first-order valence-electron chi connectivity index (χ1n) is 11.9. The second kappa shape index (κ2) is 21.5. The summed E-state index contributed by atoms with van der Waals surface area (Å²) in [5, 5.41) is 31.4. The summed E-state index contributed by atoms with van der Waals surface area (Å²) in [5.41, 5.74) is 0. The van der Waals surface area contributed by atoms with Gasteiger partial charge in [0.1, 0.15) is 6.23 Å². The first-order chi connectivity index (χ1) is 13.6. The zero-order valence-corrected chi connectivity index (χ0v) is 18.7. The van der Waals surface area contributed by atoms with E-state index in [0.717, 1.165) is 25.7 Å². The van der Waals surface area contributed by atoms with Crippen LogP contribution in [0.4, 0.5) is 0 Å². The van der Waals surface area contributed by atoms with Crippen LogP contribution in [0.25, 0.3) is 0 Å². The summed E-state index contributed by atoms with van der Waals surface area (Å²) in [6.07, 6.45) is 16.9. The Morgan fingerprint density at radius 1 is 0.750 bits per heavy atom. The van der Waals surface area contributed by atoms with Gasteiger partial charge in [-0.2, -0.15) is 0 Å². The molecule has 28 heavy (non-hydrogen) atoms. The number of hydrogen-bond donors (Lipinski definition) is 4. The highest BCUT2D eigenvalue weighted by molar-refractivity contribution is 4.62. The maximum absolute atomic E-state index is 9.96. The van der Waals surface area contributed by atoms with Crippen LogP contribution in [0, 0.1) is 0 Å². The molecule has 0 saturated carbocycles. The third-order valence-electron chi connectivity index (χ3n) is 5.27. The molecule has 0 saturated heterocycles. The normalized spacial score (nSPS) is 14.9. The fraction of sp³-hybridized carbons (Fsp3) is 1.00. The molecule has 0 aliphatic carbocycles. The van der Waals surface area contributed by atoms with Gasteiger partial charge in [-0.05, 0) is 26.2 Å². The van der Waals surface area contributed by atoms with Gasteiger partial charge in [0.05, 0.1) is 18.8 Å². The van der Waals surface area contributed by atoms with Crippen LogP contribution in [0.2, 0.25) is 0 Å². The molecule has 0 aromatic heterocycles. The average Bonchev–Trinajstić information content (AvgIpc) is 2.68. The van der Waals surface area contributed by atoms with Crippen LogP contribution in [-0.4, -0.2) is 53.5 Å². The highest BCUT2D eigenvalue weighted by atomic mass is 16.5. The zero-order valence-electron chi connectivity index (χ0n) is 18.7. The maximum atomic E-state index is 9.96. The minimum absolute atomic E-state index is 0.0478. The Hall–Kier alpha value is -0.200. The van der Waals surface area contributed by atoms with Crippen molar-refractivity contribution in [2.75, 3.05) is 19.8 Å². The Labute approximate surface area is 174 Å². The highest BCUT2D eigenvalue weighted by Crippen LogP contribution is 2.14. The molecule has 4 N–H and O–H groups in total. The predicted octanol–water partition coefficient (Wildman–Crippen LogP) is 4.52. The lowest BCUT2D eigenvalue weighted by Crippen LogP contribution is -2.42.